The van der Waals surface area contributed by atoms with E-state index in [1.54, 1.807) is 29.2 Å². The van der Waals surface area contributed by atoms with Gasteiger partial charge in [-0.15, -0.1) is 0 Å². The molecule has 0 saturated heterocycles. The molecule has 1 N–H and O–H groups in total. The molecule has 2 aromatic rings. The van der Waals surface area contributed by atoms with Gasteiger partial charge in [0.15, 0.2) is 0 Å². The zero-order valence-corrected chi connectivity index (χ0v) is 18.0. The lowest BCUT2D eigenvalue weighted by Gasteiger charge is -2.31. The molecule has 1 aromatic carbocycles. The van der Waals surface area contributed by atoms with Crippen LogP contribution in [0.25, 0.3) is 0 Å². The summed E-state index contributed by atoms with van der Waals surface area (Å²) >= 11 is 6.02. The summed E-state index contributed by atoms with van der Waals surface area (Å²) in [7, 11) is 1.98. The fourth-order valence-corrected chi connectivity index (χ4v) is 3.48. The number of carbonyl (C=O) groups is 2. The molecule has 1 aliphatic rings. The molecule has 1 saturated carbocycles. The number of carbonyl (C=O) groups excluding carboxylic acids is 2. The van der Waals surface area contributed by atoms with Gasteiger partial charge >= 0.3 is 6.03 Å². The highest BCUT2D eigenvalue weighted by molar-refractivity contribution is 6.30. The number of nitrogens with one attached hydrogen (secondary N) is 1. The zero-order valence-electron chi connectivity index (χ0n) is 17.3. The Bertz CT molecular complexity index is 862. The lowest BCUT2D eigenvalue weighted by Crippen LogP contribution is -2.48. The standard InChI is InChI=1S/C22H29ClN4O2/c1-4-16(2)26(22(29)24-18-8-5-7-17(23)13-18)15-21(28)27(19-10-11-19)14-20-9-6-12-25(20)3/h5-9,12-13,16,19H,4,10-11,14-15H2,1-3H3,(H,24,29)/t16-/m0/s1. The van der Waals surface area contributed by atoms with Gasteiger partial charge in [0, 0.05) is 41.7 Å². The number of benzene rings is 1. The van der Waals surface area contributed by atoms with Crippen LogP contribution >= 0.6 is 11.6 Å². The SMILES string of the molecule is CC[C@H](C)N(CC(=O)N(Cc1cccn1C)C1CC1)C(=O)Nc1cccc(Cl)c1. The average Bonchev–Trinajstić information content (AvgIpc) is 3.45. The molecule has 156 valence electrons. The third-order valence-corrected chi connectivity index (χ3v) is 5.69. The molecule has 0 aliphatic heterocycles. The molecular formula is C22H29ClN4O2. The van der Waals surface area contributed by atoms with E-state index in [0.29, 0.717) is 17.3 Å². The van der Waals surface area contributed by atoms with Crippen molar-refractivity contribution in [3.8, 4) is 0 Å². The first-order chi connectivity index (χ1) is 13.9. The summed E-state index contributed by atoms with van der Waals surface area (Å²) < 4.78 is 2.03. The molecule has 0 radical (unpaired) electrons. The molecule has 6 nitrogen and oxygen atoms in total. The summed E-state index contributed by atoms with van der Waals surface area (Å²) in [5, 5.41) is 3.42. The molecular weight excluding hydrogens is 388 g/mol. The van der Waals surface area contributed by atoms with E-state index >= 15 is 0 Å². The number of halogens is 1. The van der Waals surface area contributed by atoms with Gasteiger partial charge in [0.1, 0.15) is 6.54 Å². The van der Waals surface area contributed by atoms with Crippen LogP contribution in [0.4, 0.5) is 10.5 Å². The Labute approximate surface area is 177 Å². The van der Waals surface area contributed by atoms with Crippen LogP contribution < -0.4 is 5.32 Å². The van der Waals surface area contributed by atoms with Crippen LogP contribution in [0, 0.1) is 0 Å². The highest BCUT2D eigenvalue weighted by Gasteiger charge is 2.34. The molecule has 1 aliphatic carbocycles. The van der Waals surface area contributed by atoms with Crippen molar-refractivity contribution >= 4 is 29.2 Å². The summed E-state index contributed by atoms with van der Waals surface area (Å²) in [6.07, 6.45) is 4.79. The molecule has 0 bridgehead atoms. The highest BCUT2D eigenvalue weighted by atomic mass is 35.5. The van der Waals surface area contributed by atoms with Gasteiger partial charge < -0.3 is 19.7 Å². The minimum Gasteiger partial charge on any atom is -0.353 e. The molecule has 1 atom stereocenters. The third kappa shape index (κ3) is 5.54. The molecule has 7 heteroatoms. The van der Waals surface area contributed by atoms with E-state index in [-0.39, 0.29) is 30.6 Å². The second-order valence-electron chi connectivity index (χ2n) is 7.69. The van der Waals surface area contributed by atoms with Crippen molar-refractivity contribution in [2.24, 2.45) is 7.05 Å². The largest absolute Gasteiger partial charge is 0.353 e. The smallest absolute Gasteiger partial charge is 0.322 e. The lowest BCUT2D eigenvalue weighted by molar-refractivity contribution is -0.133. The van der Waals surface area contributed by atoms with Crippen LogP contribution in [-0.2, 0) is 18.4 Å². The first kappa shape index (κ1) is 21.2. The van der Waals surface area contributed by atoms with Crippen LogP contribution in [0.2, 0.25) is 5.02 Å². The molecule has 3 amide bonds. The van der Waals surface area contributed by atoms with Crippen molar-refractivity contribution in [3.05, 3.63) is 53.3 Å². The maximum atomic E-state index is 13.2. The van der Waals surface area contributed by atoms with E-state index in [0.717, 1.165) is 25.0 Å². The van der Waals surface area contributed by atoms with Crippen LogP contribution in [0.15, 0.2) is 42.6 Å². The number of amides is 3. The van der Waals surface area contributed by atoms with E-state index in [1.807, 2.05) is 48.7 Å². The zero-order chi connectivity index (χ0) is 21.0. The minimum absolute atomic E-state index is 0.0183. The average molecular weight is 417 g/mol. The Morgan fingerprint density at radius 1 is 1.28 bits per heavy atom. The number of hydrogen-bond acceptors (Lipinski definition) is 2. The summed E-state index contributed by atoms with van der Waals surface area (Å²) in [5.74, 6) is -0.0183. The molecule has 1 fully saturated rings. The van der Waals surface area contributed by atoms with Crippen molar-refractivity contribution in [2.75, 3.05) is 11.9 Å². The minimum atomic E-state index is -0.287. The number of aromatic nitrogens is 1. The Morgan fingerprint density at radius 2 is 2.03 bits per heavy atom. The second-order valence-corrected chi connectivity index (χ2v) is 8.13. The van der Waals surface area contributed by atoms with Crippen LogP contribution in [0.1, 0.15) is 38.8 Å². The van der Waals surface area contributed by atoms with Gasteiger partial charge in [-0.25, -0.2) is 4.79 Å². The first-order valence-corrected chi connectivity index (χ1v) is 10.5. The maximum absolute atomic E-state index is 13.2. The molecule has 0 spiro atoms. The number of nitrogens with zero attached hydrogens (tertiary/aromatic N) is 3. The summed E-state index contributed by atoms with van der Waals surface area (Å²) in [4.78, 5) is 29.6. The van der Waals surface area contributed by atoms with E-state index in [1.165, 1.54) is 0 Å². The molecule has 0 unspecified atom stereocenters. The normalized spacial score (nSPS) is 14.3. The molecule has 3 rings (SSSR count). The number of anilines is 1. The monoisotopic (exact) mass is 416 g/mol. The summed E-state index contributed by atoms with van der Waals surface area (Å²) in [6.45, 7) is 4.60. The molecule has 1 heterocycles. The predicted molar refractivity (Wildman–Crippen MR) is 116 cm³/mol. The second kappa shape index (κ2) is 9.35. The van der Waals surface area contributed by atoms with Crippen molar-refractivity contribution in [1.29, 1.82) is 0 Å². The van der Waals surface area contributed by atoms with Crippen LogP contribution in [0.3, 0.4) is 0 Å². The topological polar surface area (TPSA) is 57.6 Å². The van der Waals surface area contributed by atoms with Gasteiger partial charge in [-0.1, -0.05) is 24.6 Å². The fourth-order valence-electron chi connectivity index (χ4n) is 3.29. The maximum Gasteiger partial charge on any atom is 0.322 e. The van der Waals surface area contributed by atoms with Gasteiger partial charge in [0.05, 0.1) is 6.54 Å². The Morgan fingerprint density at radius 3 is 2.62 bits per heavy atom. The molecule has 1 aromatic heterocycles. The fraction of sp³-hybridized carbons (Fsp3) is 0.455. The van der Waals surface area contributed by atoms with Crippen LogP contribution in [0.5, 0.6) is 0 Å². The highest BCUT2D eigenvalue weighted by Crippen LogP contribution is 2.29. The van der Waals surface area contributed by atoms with Gasteiger partial charge in [-0.2, -0.15) is 0 Å². The lowest BCUT2D eigenvalue weighted by atomic mass is 10.2. The predicted octanol–water partition coefficient (Wildman–Crippen LogP) is 4.50. The number of urea groups is 1. The van der Waals surface area contributed by atoms with Gasteiger partial charge in [-0.3, -0.25) is 4.79 Å². The van der Waals surface area contributed by atoms with Crippen molar-refractivity contribution < 1.29 is 9.59 Å². The summed E-state index contributed by atoms with van der Waals surface area (Å²) in [5.41, 5.74) is 1.70. The van der Waals surface area contributed by atoms with Crippen LogP contribution in [-0.4, -0.2) is 44.9 Å². The van der Waals surface area contributed by atoms with E-state index in [4.69, 9.17) is 11.6 Å². The van der Waals surface area contributed by atoms with E-state index < -0.39 is 0 Å². The first-order valence-electron chi connectivity index (χ1n) is 10.1. The summed E-state index contributed by atoms with van der Waals surface area (Å²) in [6, 6.07) is 10.9. The Hall–Kier alpha value is -2.47. The number of rotatable bonds is 8. The van der Waals surface area contributed by atoms with Gasteiger partial charge in [-0.05, 0) is 56.5 Å². The van der Waals surface area contributed by atoms with Crippen molar-refractivity contribution in [2.45, 2.75) is 51.7 Å². The number of aryl methyl sites for hydroxylation is 1. The van der Waals surface area contributed by atoms with Crippen molar-refractivity contribution in [1.82, 2.24) is 14.4 Å². The Kier molecular flexibility index (Phi) is 6.85. The third-order valence-electron chi connectivity index (χ3n) is 5.46. The molecule has 29 heavy (non-hydrogen) atoms. The number of hydrogen-bond donors (Lipinski definition) is 1. The van der Waals surface area contributed by atoms with E-state index in [9.17, 15) is 9.59 Å². The van der Waals surface area contributed by atoms with Gasteiger partial charge in [0.25, 0.3) is 0 Å². The quantitative estimate of drug-likeness (QED) is 0.688. The Balaban J connectivity index is 1.71. The van der Waals surface area contributed by atoms with Crippen molar-refractivity contribution in [3.63, 3.8) is 0 Å². The van der Waals surface area contributed by atoms with Gasteiger partial charge in [0.2, 0.25) is 5.91 Å². The van der Waals surface area contributed by atoms with E-state index in [2.05, 4.69) is 5.32 Å².